The van der Waals surface area contributed by atoms with E-state index in [-0.39, 0.29) is 0 Å². The Kier molecular flexibility index (Phi) is 4.47. The van der Waals surface area contributed by atoms with Gasteiger partial charge in [-0.3, -0.25) is 0 Å². The number of nitrogens with zero attached hydrogens (tertiary/aromatic N) is 1. The van der Waals surface area contributed by atoms with Crippen molar-refractivity contribution >= 4 is 5.69 Å². The SMILES string of the molecule is CCc1ccc(N(CC)CCN)cc1. The van der Waals surface area contributed by atoms with Crippen molar-refractivity contribution in [2.45, 2.75) is 20.3 Å². The zero-order valence-electron chi connectivity index (χ0n) is 9.16. The standard InChI is InChI=1S/C12H20N2/c1-3-11-5-7-12(8-6-11)14(4-2)10-9-13/h5-8H,3-4,9-10,13H2,1-2H3. The first kappa shape index (κ1) is 11.1. The minimum absolute atomic E-state index is 0.712. The van der Waals surface area contributed by atoms with Crippen LogP contribution in [0.4, 0.5) is 5.69 Å². The first-order valence-corrected chi connectivity index (χ1v) is 5.35. The van der Waals surface area contributed by atoms with Gasteiger partial charge in [0, 0.05) is 25.3 Å². The third-order valence-corrected chi connectivity index (χ3v) is 2.49. The van der Waals surface area contributed by atoms with E-state index in [4.69, 9.17) is 5.73 Å². The van der Waals surface area contributed by atoms with Gasteiger partial charge in [0.15, 0.2) is 0 Å². The number of likely N-dealkylation sites (N-methyl/N-ethyl adjacent to an activating group) is 1. The van der Waals surface area contributed by atoms with Crippen LogP contribution in [0.15, 0.2) is 24.3 Å². The molecule has 0 bridgehead atoms. The summed E-state index contributed by atoms with van der Waals surface area (Å²) in [5.41, 5.74) is 8.22. The van der Waals surface area contributed by atoms with Gasteiger partial charge in [0.2, 0.25) is 0 Å². The maximum atomic E-state index is 5.56. The zero-order chi connectivity index (χ0) is 10.4. The lowest BCUT2D eigenvalue weighted by atomic mass is 10.1. The first-order valence-electron chi connectivity index (χ1n) is 5.35. The van der Waals surface area contributed by atoms with Crippen LogP contribution in [-0.2, 0) is 6.42 Å². The lowest BCUT2D eigenvalue weighted by Crippen LogP contribution is -2.28. The van der Waals surface area contributed by atoms with E-state index in [1.54, 1.807) is 0 Å². The van der Waals surface area contributed by atoms with Crippen molar-refractivity contribution in [1.29, 1.82) is 0 Å². The van der Waals surface area contributed by atoms with Crippen LogP contribution in [0, 0.1) is 0 Å². The molecule has 14 heavy (non-hydrogen) atoms. The van der Waals surface area contributed by atoms with E-state index in [9.17, 15) is 0 Å². The smallest absolute Gasteiger partial charge is 0.0366 e. The van der Waals surface area contributed by atoms with Gasteiger partial charge < -0.3 is 10.6 Å². The number of hydrogen-bond donors (Lipinski definition) is 1. The Bertz CT molecular complexity index is 254. The average molecular weight is 192 g/mol. The number of hydrogen-bond acceptors (Lipinski definition) is 2. The van der Waals surface area contributed by atoms with E-state index in [0.717, 1.165) is 19.5 Å². The molecule has 1 aromatic carbocycles. The predicted molar refractivity (Wildman–Crippen MR) is 62.8 cm³/mol. The summed E-state index contributed by atoms with van der Waals surface area (Å²) < 4.78 is 0. The highest BCUT2D eigenvalue weighted by Gasteiger charge is 2.01. The number of rotatable bonds is 5. The van der Waals surface area contributed by atoms with E-state index in [2.05, 4.69) is 43.0 Å². The number of anilines is 1. The van der Waals surface area contributed by atoms with Gasteiger partial charge in [0.05, 0.1) is 0 Å². The Labute approximate surface area is 86.7 Å². The van der Waals surface area contributed by atoms with Gasteiger partial charge in [-0.25, -0.2) is 0 Å². The van der Waals surface area contributed by atoms with Crippen LogP contribution in [0.2, 0.25) is 0 Å². The van der Waals surface area contributed by atoms with E-state index in [1.165, 1.54) is 11.3 Å². The summed E-state index contributed by atoms with van der Waals surface area (Å²) in [7, 11) is 0. The van der Waals surface area contributed by atoms with Crippen molar-refractivity contribution in [2.75, 3.05) is 24.5 Å². The molecular weight excluding hydrogens is 172 g/mol. The summed E-state index contributed by atoms with van der Waals surface area (Å²) in [6.07, 6.45) is 1.10. The highest BCUT2D eigenvalue weighted by atomic mass is 15.1. The van der Waals surface area contributed by atoms with Crippen molar-refractivity contribution in [2.24, 2.45) is 5.73 Å². The molecule has 0 saturated carbocycles. The summed E-state index contributed by atoms with van der Waals surface area (Å²) in [6, 6.07) is 8.74. The van der Waals surface area contributed by atoms with Crippen LogP contribution >= 0.6 is 0 Å². The fourth-order valence-electron chi connectivity index (χ4n) is 1.57. The van der Waals surface area contributed by atoms with Crippen molar-refractivity contribution in [1.82, 2.24) is 0 Å². The second-order valence-electron chi connectivity index (χ2n) is 3.39. The summed E-state index contributed by atoms with van der Waals surface area (Å²) in [5, 5.41) is 0. The Balaban J connectivity index is 2.73. The Morgan fingerprint density at radius 2 is 1.79 bits per heavy atom. The van der Waals surface area contributed by atoms with Crippen LogP contribution in [-0.4, -0.2) is 19.6 Å². The molecule has 0 radical (unpaired) electrons. The van der Waals surface area contributed by atoms with Gasteiger partial charge >= 0.3 is 0 Å². The molecule has 0 saturated heterocycles. The molecule has 0 amide bonds. The average Bonchev–Trinajstić information content (AvgIpc) is 2.26. The van der Waals surface area contributed by atoms with Crippen LogP contribution < -0.4 is 10.6 Å². The van der Waals surface area contributed by atoms with E-state index in [0.29, 0.717) is 6.54 Å². The maximum absolute atomic E-state index is 5.56. The second kappa shape index (κ2) is 5.66. The number of nitrogens with two attached hydrogens (primary N) is 1. The van der Waals surface area contributed by atoms with Crippen LogP contribution in [0.3, 0.4) is 0 Å². The largest absolute Gasteiger partial charge is 0.371 e. The van der Waals surface area contributed by atoms with Crippen molar-refractivity contribution in [3.05, 3.63) is 29.8 Å². The molecule has 2 heteroatoms. The van der Waals surface area contributed by atoms with Gasteiger partial charge in [-0.1, -0.05) is 19.1 Å². The van der Waals surface area contributed by atoms with Gasteiger partial charge in [-0.15, -0.1) is 0 Å². The lowest BCUT2D eigenvalue weighted by molar-refractivity contribution is 0.816. The molecule has 0 aliphatic rings. The third-order valence-electron chi connectivity index (χ3n) is 2.49. The highest BCUT2D eigenvalue weighted by molar-refractivity contribution is 5.47. The molecule has 0 aliphatic carbocycles. The van der Waals surface area contributed by atoms with Crippen molar-refractivity contribution in [3.63, 3.8) is 0 Å². The second-order valence-corrected chi connectivity index (χ2v) is 3.39. The predicted octanol–water partition coefficient (Wildman–Crippen LogP) is 2.03. The molecule has 0 heterocycles. The molecule has 0 unspecified atom stereocenters. The molecule has 78 valence electrons. The van der Waals surface area contributed by atoms with Gasteiger partial charge in [0.1, 0.15) is 0 Å². The van der Waals surface area contributed by atoms with E-state index >= 15 is 0 Å². The number of aryl methyl sites for hydroxylation is 1. The van der Waals surface area contributed by atoms with Crippen LogP contribution in [0.25, 0.3) is 0 Å². The van der Waals surface area contributed by atoms with Crippen molar-refractivity contribution < 1.29 is 0 Å². The Morgan fingerprint density at radius 3 is 2.21 bits per heavy atom. The molecule has 1 aromatic rings. The molecule has 1 rings (SSSR count). The molecular formula is C12H20N2. The minimum Gasteiger partial charge on any atom is -0.371 e. The van der Waals surface area contributed by atoms with Crippen LogP contribution in [0.5, 0.6) is 0 Å². The molecule has 0 spiro atoms. The summed E-state index contributed by atoms with van der Waals surface area (Å²) >= 11 is 0. The fraction of sp³-hybridized carbons (Fsp3) is 0.500. The van der Waals surface area contributed by atoms with Gasteiger partial charge in [-0.05, 0) is 31.0 Å². The summed E-state index contributed by atoms with van der Waals surface area (Å²) in [6.45, 7) is 6.99. The minimum atomic E-state index is 0.712. The third kappa shape index (κ3) is 2.74. The Morgan fingerprint density at radius 1 is 1.14 bits per heavy atom. The quantitative estimate of drug-likeness (QED) is 0.773. The fourth-order valence-corrected chi connectivity index (χ4v) is 1.57. The van der Waals surface area contributed by atoms with Crippen molar-refractivity contribution in [3.8, 4) is 0 Å². The van der Waals surface area contributed by atoms with Gasteiger partial charge in [0.25, 0.3) is 0 Å². The van der Waals surface area contributed by atoms with Crippen LogP contribution in [0.1, 0.15) is 19.4 Å². The normalized spacial score (nSPS) is 10.2. The molecule has 0 fully saturated rings. The maximum Gasteiger partial charge on any atom is 0.0366 e. The summed E-state index contributed by atoms with van der Waals surface area (Å²) in [5.74, 6) is 0. The molecule has 2 nitrogen and oxygen atoms in total. The monoisotopic (exact) mass is 192 g/mol. The summed E-state index contributed by atoms with van der Waals surface area (Å²) in [4.78, 5) is 2.29. The molecule has 0 atom stereocenters. The molecule has 0 aromatic heterocycles. The first-order chi connectivity index (χ1) is 6.81. The zero-order valence-corrected chi connectivity index (χ0v) is 9.16. The van der Waals surface area contributed by atoms with E-state index < -0.39 is 0 Å². The van der Waals surface area contributed by atoms with E-state index in [1.807, 2.05) is 0 Å². The molecule has 0 aliphatic heterocycles. The Hall–Kier alpha value is -1.02. The lowest BCUT2D eigenvalue weighted by Gasteiger charge is -2.22. The highest BCUT2D eigenvalue weighted by Crippen LogP contribution is 2.14. The van der Waals surface area contributed by atoms with Gasteiger partial charge in [-0.2, -0.15) is 0 Å². The molecule has 2 N–H and O–H groups in total. The number of benzene rings is 1. The topological polar surface area (TPSA) is 29.3 Å².